The zero-order valence-corrected chi connectivity index (χ0v) is 12.8. The minimum absolute atomic E-state index is 0. The van der Waals surface area contributed by atoms with Crippen molar-refractivity contribution in [2.45, 2.75) is 23.9 Å². The van der Waals surface area contributed by atoms with Crippen LogP contribution < -0.4 is 24.8 Å². The van der Waals surface area contributed by atoms with Crippen molar-refractivity contribution >= 4 is 0 Å². The van der Waals surface area contributed by atoms with Crippen LogP contribution in [0.4, 0.5) is 0 Å². The first-order valence-corrected chi connectivity index (χ1v) is 9.19. The van der Waals surface area contributed by atoms with E-state index in [0.29, 0.717) is 0 Å². The van der Waals surface area contributed by atoms with E-state index in [0.717, 1.165) is 0 Å². The van der Waals surface area contributed by atoms with Crippen molar-refractivity contribution in [1.82, 2.24) is 0 Å². The van der Waals surface area contributed by atoms with Crippen LogP contribution in [0.5, 0.6) is 0 Å². The molecule has 2 aliphatic rings. The van der Waals surface area contributed by atoms with Gasteiger partial charge in [0.25, 0.3) is 0 Å². The van der Waals surface area contributed by atoms with Gasteiger partial charge in [-0.25, -0.2) is 0 Å². The molecule has 0 radical (unpaired) electrons. The summed E-state index contributed by atoms with van der Waals surface area (Å²) < 4.78 is 5.02. The summed E-state index contributed by atoms with van der Waals surface area (Å²) >= 11 is -1.31. The van der Waals surface area contributed by atoms with Crippen LogP contribution in [0.15, 0.2) is 43.0 Å². The number of halogens is 2. The molecular weight excluding hydrogens is 306 g/mol. The summed E-state index contributed by atoms with van der Waals surface area (Å²) in [4.78, 5) is 0. The van der Waals surface area contributed by atoms with Crippen LogP contribution in [0.3, 0.4) is 0 Å². The van der Waals surface area contributed by atoms with E-state index in [4.69, 9.17) is 0 Å². The molecule has 0 atom stereocenters. The number of hydrogen-bond acceptors (Lipinski definition) is 0. The molecular formula is C12H15Cl2Zr. The van der Waals surface area contributed by atoms with Gasteiger partial charge in [-0.1, -0.05) is 0 Å². The van der Waals surface area contributed by atoms with Gasteiger partial charge in [-0.15, -0.1) is 0 Å². The van der Waals surface area contributed by atoms with Gasteiger partial charge < -0.3 is 24.8 Å². The molecule has 15 heavy (non-hydrogen) atoms. The first-order valence-electron chi connectivity index (χ1n) is 4.99. The molecule has 0 aromatic rings. The average Bonchev–Trinajstić information content (AvgIpc) is 2.76. The van der Waals surface area contributed by atoms with Crippen LogP contribution >= 0.6 is 0 Å². The molecule has 0 bridgehead atoms. The van der Waals surface area contributed by atoms with E-state index in [2.05, 4.69) is 43.4 Å². The summed E-state index contributed by atoms with van der Waals surface area (Å²) in [5.74, 6) is 0. The van der Waals surface area contributed by atoms with Gasteiger partial charge in [0.1, 0.15) is 0 Å². The summed E-state index contributed by atoms with van der Waals surface area (Å²) in [6.45, 7) is 2.37. The van der Waals surface area contributed by atoms with E-state index in [1.165, 1.54) is 17.0 Å². The topological polar surface area (TPSA) is 0 Å². The van der Waals surface area contributed by atoms with E-state index >= 15 is 0 Å². The number of allylic oxidation sites excluding steroid dienone is 8. The number of rotatable bonds is 3. The van der Waals surface area contributed by atoms with Crippen LogP contribution in [0.2, 0.25) is 4.13 Å². The van der Waals surface area contributed by atoms with Crippen molar-refractivity contribution < 1.29 is 46.6 Å². The molecule has 0 aromatic carbocycles. The van der Waals surface area contributed by atoms with E-state index in [1.807, 2.05) is 0 Å². The Kier molecular flexibility index (Phi) is 7.87. The predicted octanol–water partition coefficient (Wildman–Crippen LogP) is -2.26. The Bertz CT molecular complexity index is 284. The van der Waals surface area contributed by atoms with E-state index in [9.17, 15) is 0 Å². The molecule has 0 unspecified atom stereocenters. The Labute approximate surface area is 113 Å². The molecule has 0 nitrogen and oxygen atoms in total. The number of hydrogen-bond donors (Lipinski definition) is 0. The molecule has 2 aliphatic carbocycles. The second kappa shape index (κ2) is 7.66. The SMILES string of the molecule is C[CH2][Zr+2]([C]1=CC=CC1)[C]1=CC=CC1.[Cl-].[Cl-]. The molecule has 81 valence electrons. The minimum Gasteiger partial charge on any atom is -1.00 e. The maximum atomic E-state index is 2.37. The van der Waals surface area contributed by atoms with Crippen molar-refractivity contribution in [2.24, 2.45) is 0 Å². The standard InChI is InChI=1S/2C5H5.C2H5.2ClH.Zr/c2*1-2-4-5-3-1;1-2;;;/h2*1-3H,4H2;1H2,2H3;2*1H;/q;;;;;+2/p-2. The van der Waals surface area contributed by atoms with Crippen molar-refractivity contribution in [3.05, 3.63) is 43.0 Å². The molecule has 0 N–H and O–H groups in total. The molecule has 0 spiro atoms. The third-order valence-electron chi connectivity index (χ3n) is 2.67. The Morgan fingerprint density at radius 1 is 1.00 bits per heavy atom. The second-order valence-corrected chi connectivity index (χ2v) is 10.7. The maximum Gasteiger partial charge on any atom is -1.00 e. The zero-order chi connectivity index (χ0) is 9.10. The van der Waals surface area contributed by atoms with E-state index < -0.39 is 21.8 Å². The first kappa shape index (κ1) is 15.4. The van der Waals surface area contributed by atoms with Crippen molar-refractivity contribution in [1.29, 1.82) is 0 Å². The third kappa shape index (κ3) is 3.73. The Balaban J connectivity index is 0.000000980. The molecule has 0 saturated heterocycles. The van der Waals surface area contributed by atoms with Gasteiger partial charge in [-0.2, -0.15) is 0 Å². The summed E-state index contributed by atoms with van der Waals surface area (Å²) in [5.41, 5.74) is 0. The van der Waals surface area contributed by atoms with Crippen LogP contribution in [-0.4, -0.2) is 0 Å². The summed E-state index contributed by atoms with van der Waals surface area (Å²) in [6.07, 6.45) is 16.3. The minimum atomic E-state index is -1.31. The van der Waals surface area contributed by atoms with Gasteiger partial charge in [0.05, 0.1) is 0 Å². The Morgan fingerprint density at radius 2 is 1.47 bits per heavy atom. The first-order chi connectivity index (χ1) is 6.42. The third-order valence-corrected chi connectivity index (χ3v) is 10.0. The van der Waals surface area contributed by atoms with E-state index in [-0.39, 0.29) is 24.8 Å². The Hall–Kier alpha value is 0.423. The Morgan fingerprint density at radius 3 is 1.73 bits per heavy atom. The molecule has 0 aliphatic heterocycles. The van der Waals surface area contributed by atoms with Gasteiger partial charge >= 0.3 is 88.7 Å². The molecule has 0 aromatic heterocycles. The van der Waals surface area contributed by atoms with Gasteiger partial charge in [0.15, 0.2) is 0 Å². The fourth-order valence-electron chi connectivity index (χ4n) is 2.00. The van der Waals surface area contributed by atoms with Crippen molar-refractivity contribution in [3.63, 3.8) is 0 Å². The van der Waals surface area contributed by atoms with Gasteiger partial charge in [0, 0.05) is 0 Å². The average molecular weight is 321 g/mol. The van der Waals surface area contributed by atoms with Gasteiger partial charge in [-0.05, 0) is 0 Å². The summed E-state index contributed by atoms with van der Waals surface area (Å²) in [6, 6.07) is 0. The normalized spacial score (nSPS) is 16.6. The molecule has 0 amide bonds. The molecule has 2 rings (SSSR count). The molecule has 0 fully saturated rings. The van der Waals surface area contributed by atoms with Crippen molar-refractivity contribution in [2.75, 3.05) is 0 Å². The monoisotopic (exact) mass is 319 g/mol. The van der Waals surface area contributed by atoms with Crippen LogP contribution in [0.1, 0.15) is 19.8 Å². The largest absolute Gasteiger partial charge is 1.00 e. The van der Waals surface area contributed by atoms with Crippen LogP contribution in [0.25, 0.3) is 0 Å². The summed E-state index contributed by atoms with van der Waals surface area (Å²) in [7, 11) is 0. The maximum absolute atomic E-state index is 2.37. The smallest absolute Gasteiger partial charge is 1.00 e. The fraction of sp³-hybridized carbons (Fsp3) is 0.333. The van der Waals surface area contributed by atoms with Crippen LogP contribution in [-0.2, 0) is 21.8 Å². The van der Waals surface area contributed by atoms with Crippen molar-refractivity contribution in [3.8, 4) is 0 Å². The quantitative estimate of drug-likeness (QED) is 0.550. The van der Waals surface area contributed by atoms with E-state index in [1.54, 1.807) is 6.56 Å². The molecule has 0 heterocycles. The second-order valence-electron chi connectivity index (χ2n) is 3.48. The van der Waals surface area contributed by atoms with Crippen LogP contribution in [0, 0.1) is 0 Å². The fourth-order valence-corrected chi connectivity index (χ4v) is 8.50. The molecule has 0 saturated carbocycles. The van der Waals surface area contributed by atoms with Gasteiger partial charge in [-0.3, -0.25) is 0 Å². The zero-order valence-electron chi connectivity index (χ0n) is 8.84. The molecule has 3 heteroatoms. The van der Waals surface area contributed by atoms with Gasteiger partial charge in [0.2, 0.25) is 0 Å². The summed E-state index contributed by atoms with van der Waals surface area (Å²) in [5, 5.41) is 0. The predicted molar refractivity (Wildman–Crippen MR) is 54.2 cm³/mol.